The zero-order valence-corrected chi connectivity index (χ0v) is 23.2. The van der Waals surface area contributed by atoms with Gasteiger partial charge in [0.05, 0.1) is 17.3 Å². The van der Waals surface area contributed by atoms with Gasteiger partial charge in [0.15, 0.2) is 0 Å². The van der Waals surface area contributed by atoms with Crippen LogP contribution in [0.3, 0.4) is 0 Å². The Bertz CT molecular complexity index is 1530. The number of anilines is 3. The van der Waals surface area contributed by atoms with Crippen LogP contribution in [0.5, 0.6) is 0 Å². The third kappa shape index (κ3) is 6.04. The van der Waals surface area contributed by atoms with Gasteiger partial charge in [0, 0.05) is 62.7 Å². The van der Waals surface area contributed by atoms with Crippen LogP contribution in [0.15, 0.2) is 60.9 Å². The second kappa shape index (κ2) is 12.3. The van der Waals surface area contributed by atoms with Crippen molar-refractivity contribution in [1.29, 1.82) is 0 Å². The quantitative estimate of drug-likeness (QED) is 0.315. The third-order valence-electron chi connectivity index (χ3n) is 7.83. The molecule has 4 heterocycles. The van der Waals surface area contributed by atoms with E-state index in [-0.39, 0.29) is 11.6 Å². The monoisotopic (exact) mass is 554 g/mol. The summed E-state index contributed by atoms with van der Waals surface area (Å²) in [5.74, 6) is -0.0555. The van der Waals surface area contributed by atoms with E-state index in [1.807, 2.05) is 37.3 Å². The van der Waals surface area contributed by atoms with Gasteiger partial charge in [-0.2, -0.15) is 0 Å². The lowest BCUT2D eigenvalue weighted by atomic mass is 10.0. The first-order chi connectivity index (χ1) is 20.1. The number of hydrogen-bond acceptors (Lipinski definition) is 8. The van der Waals surface area contributed by atoms with Crippen LogP contribution >= 0.6 is 0 Å². The topological polar surface area (TPSA) is 98.3 Å². The molecule has 1 amide bonds. The zero-order chi connectivity index (χ0) is 28.2. The number of amides is 1. The van der Waals surface area contributed by atoms with E-state index in [2.05, 4.69) is 35.8 Å². The smallest absolute Gasteiger partial charge is 0.262 e. The molecule has 0 spiro atoms. The van der Waals surface area contributed by atoms with Crippen LogP contribution < -0.4 is 20.9 Å². The van der Waals surface area contributed by atoms with Crippen molar-refractivity contribution in [2.45, 2.75) is 32.4 Å². The normalized spacial score (nSPS) is 17.9. The Morgan fingerprint density at radius 3 is 2.73 bits per heavy atom. The van der Waals surface area contributed by atoms with Crippen LogP contribution in [0, 0.1) is 12.7 Å². The molecule has 0 bridgehead atoms. The summed E-state index contributed by atoms with van der Waals surface area (Å²) in [6, 6.07) is 14.3. The van der Waals surface area contributed by atoms with Crippen molar-refractivity contribution >= 4 is 34.1 Å². The number of nitrogens with zero attached hydrogens (tertiary/aromatic N) is 5. The number of carbonyl (C=O) groups excluding carboxylic acids is 1. The van der Waals surface area contributed by atoms with Crippen molar-refractivity contribution in [2.24, 2.45) is 0 Å². The molecule has 3 N–H and O–H groups in total. The predicted molar refractivity (Wildman–Crippen MR) is 159 cm³/mol. The van der Waals surface area contributed by atoms with Crippen molar-refractivity contribution in [3.8, 4) is 0 Å². The van der Waals surface area contributed by atoms with Gasteiger partial charge in [-0.3, -0.25) is 14.6 Å². The first kappa shape index (κ1) is 27.2. The van der Waals surface area contributed by atoms with Crippen LogP contribution in [0.4, 0.5) is 21.8 Å². The molecule has 2 aromatic heterocycles. The average Bonchev–Trinajstić information content (AvgIpc) is 2.99. The highest BCUT2D eigenvalue weighted by molar-refractivity contribution is 6.11. The molecule has 41 heavy (non-hydrogen) atoms. The number of nitrogens with one attached hydrogen (secondary N) is 3. The molecule has 212 valence electrons. The average molecular weight is 555 g/mol. The van der Waals surface area contributed by atoms with Crippen molar-refractivity contribution in [2.75, 3.05) is 49.5 Å². The van der Waals surface area contributed by atoms with E-state index < -0.39 is 11.7 Å². The van der Waals surface area contributed by atoms with Crippen LogP contribution in [0.1, 0.15) is 34.5 Å². The zero-order valence-electron chi connectivity index (χ0n) is 23.2. The van der Waals surface area contributed by atoms with Gasteiger partial charge < -0.3 is 16.0 Å². The van der Waals surface area contributed by atoms with Gasteiger partial charge in [0.2, 0.25) is 5.95 Å². The maximum absolute atomic E-state index is 15.7. The van der Waals surface area contributed by atoms with Crippen molar-refractivity contribution in [3.05, 3.63) is 83.6 Å². The highest BCUT2D eigenvalue weighted by Crippen LogP contribution is 2.32. The van der Waals surface area contributed by atoms with Gasteiger partial charge in [-0.15, -0.1) is 0 Å². The molecule has 0 aliphatic carbocycles. The second-order valence-corrected chi connectivity index (χ2v) is 10.7. The number of piperidine rings is 1. The molecule has 2 saturated heterocycles. The molecular weight excluding hydrogens is 519 g/mol. The summed E-state index contributed by atoms with van der Waals surface area (Å²) in [7, 11) is 0. The van der Waals surface area contributed by atoms with E-state index in [9.17, 15) is 4.79 Å². The van der Waals surface area contributed by atoms with Crippen molar-refractivity contribution in [3.63, 3.8) is 0 Å². The molecule has 2 aliphatic heterocycles. The molecule has 2 fully saturated rings. The minimum Gasteiger partial charge on any atom is -0.324 e. The number of carbonyl (C=O) groups is 1. The van der Waals surface area contributed by atoms with Gasteiger partial charge in [-0.25, -0.2) is 19.3 Å². The van der Waals surface area contributed by atoms with Crippen LogP contribution in [-0.2, 0) is 6.54 Å². The number of hydrogen-bond donors (Lipinski definition) is 3. The first-order valence-corrected chi connectivity index (χ1v) is 14.3. The molecule has 0 saturated carbocycles. The maximum atomic E-state index is 15.7. The minimum absolute atomic E-state index is 0.00175. The summed E-state index contributed by atoms with van der Waals surface area (Å²) in [5, 5.41) is 11.7. The van der Waals surface area contributed by atoms with E-state index in [0.29, 0.717) is 24.0 Å². The van der Waals surface area contributed by atoms with Crippen molar-refractivity contribution in [1.82, 2.24) is 30.5 Å². The highest BCUT2D eigenvalue weighted by atomic mass is 19.1. The van der Waals surface area contributed by atoms with E-state index in [1.54, 1.807) is 23.4 Å². The Balaban J connectivity index is 1.27. The van der Waals surface area contributed by atoms with E-state index in [4.69, 9.17) is 0 Å². The summed E-state index contributed by atoms with van der Waals surface area (Å²) in [5.41, 5.74) is 2.39. The number of aromatic nitrogens is 3. The fourth-order valence-electron chi connectivity index (χ4n) is 5.73. The molecule has 10 heteroatoms. The number of fused-ring (bicyclic) bond motifs is 1. The number of aryl methyl sites for hydroxylation is 1. The van der Waals surface area contributed by atoms with Crippen LogP contribution in [-0.4, -0.2) is 71.1 Å². The summed E-state index contributed by atoms with van der Waals surface area (Å²) in [6.07, 6.45) is 5.16. The summed E-state index contributed by atoms with van der Waals surface area (Å²) in [6.45, 7) is 8.12. The fraction of sp³-hybridized carbons (Fsp3) is 0.355. The Hall–Kier alpha value is -3.99. The minimum atomic E-state index is -0.609. The van der Waals surface area contributed by atoms with Crippen molar-refractivity contribution < 1.29 is 9.18 Å². The highest BCUT2D eigenvalue weighted by Gasteiger charge is 2.31. The standard InChI is InChI=1S/C31H35FN8O/c1-21-4-2-5-22-9-12-35-29(28(21)22)40(25-6-3-11-34-19-25)30(41)26-8-7-23(18-27(26)32)37-31-36-13-10-24(38-31)20-39-16-14-33-15-17-39/h2,4-5,7-10,12-13,18,25,33-34H,3,6,11,14-17,19-20H2,1H3,(H,36,37,38)/t25-/m1/s1. The number of piperazine rings is 1. The Morgan fingerprint density at radius 1 is 1.07 bits per heavy atom. The van der Waals surface area contributed by atoms with Gasteiger partial charge in [-0.05, 0) is 67.6 Å². The summed E-state index contributed by atoms with van der Waals surface area (Å²) >= 11 is 0. The SMILES string of the molecule is Cc1cccc2ccnc(N(C(=O)c3ccc(Nc4nccc(CN5CCNCC5)n4)cc3F)[C@@H]3CCCNC3)c12. The lowest BCUT2D eigenvalue weighted by molar-refractivity contribution is 0.0968. The maximum Gasteiger partial charge on any atom is 0.262 e. The molecule has 4 aromatic rings. The molecule has 6 rings (SSSR count). The van der Waals surface area contributed by atoms with E-state index in [1.165, 1.54) is 12.1 Å². The Morgan fingerprint density at radius 2 is 1.93 bits per heavy atom. The first-order valence-electron chi connectivity index (χ1n) is 14.3. The lowest BCUT2D eigenvalue weighted by Gasteiger charge is -2.35. The molecule has 9 nitrogen and oxygen atoms in total. The van der Waals surface area contributed by atoms with Gasteiger partial charge in [0.25, 0.3) is 5.91 Å². The lowest BCUT2D eigenvalue weighted by Crippen LogP contribution is -2.49. The third-order valence-corrected chi connectivity index (χ3v) is 7.83. The summed E-state index contributed by atoms with van der Waals surface area (Å²) in [4.78, 5) is 31.7. The van der Waals surface area contributed by atoms with E-state index >= 15 is 4.39 Å². The number of rotatable bonds is 7. The van der Waals surface area contributed by atoms with Gasteiger partial charge in [-0.1, -0.05) is 18.2 Å². The molecule has 0 radical (unpaired) electrons. The number of pyridine rings is 1. The Labute approximate surface area is 239 Å². The summed E-state index contributed by atoms with van der Waals surface area (Å²) < 4.78 is 15.7. The van der Waals surface area contributed by atoms with Crippen LogP contribution in [0.2, 0.25) is 0 Å². The fourth-order valence-corrected chi connectivity index (χ4v) is 5.73. The van der Waals surface area contributed by atoms with E-state index in [0.717, 1.165) is 74.1 Å². The van der Waals surface area contributed by atoms with Crippen LogP contribution in [0.25, 0.3) is 10.8 Å². The Kier molecular flexibility index (Phi) is 8.13. The molecule has 1 atom stereocenters. The molecule has 2 aliphatic rings. The van der Waals surface area contributed by atoms with Gasteiger partial charge in [0.1, 0.15) is 11.6 Å². The molecule has 0 unspecified atom stereocenters. The molecular formula is C31H35FN8O. The van der Waals surface area contributed by atoms with Gasteiger partial charge >= 0.3 is 0 Å². The predicted octanol–water partition coefficient (Wildman–Crippen LogP) is 4.02. The second-order valence-electron chi connectivity index (χ2n) is 10.7. The number of benzene rings is 2. The molecule has 2 aromatic carbocycles. The largest absolute Gasteiger partial charge is 0.324 e. The number of halogens is 1.